The van der Waals surface area contributed by atoms with Crippen LogP contribution in [0.3, 0.4) is 0 Å². The molecule has 1 saturated heterocycles. The van der Waals surface area contributed by atoms with E-state index in [1.54, 1.807) is 6.08 Å². The van der Waals surface area contributed by atoms with Gasteiger partial charge >= 0.3 is 5.97 Å². The lowest BCUT2D eigenvalue weighted by Crippen LogP contribution is -2.12. The van der Waals surface area contributed by atoms with Crippen LogP contribution in [0.5, 0.6) is 0 Å². The number of rotatable bonds is 2. The van der Waals surface area contributed by atoms with E-state index in [4.69, 9.17) is 14.2 Å². The monoisotopic (exact) mass is 312 g/mol. The summed E-state index contributed by atoms with van der Waals surface area (Å²) in [4.78, 5) is 12.1. The van der Waals surface area contributed by atoms with Gasteiger partial charge in [-0.3, -0.25) is 0 Å². The summed E-state index contributed by atoms with van der Waals surface area (Å²) in [7, 11) is 0. The fraction of sp³-hybridized carbons (Fsp3) is 0.278. The Bertz CT molecular complexity index is 760. The van der Waals surface area contributed by atoms with Gasteiger partial charge in [-0.1, -0.05) is 30.8 Å². The van der Waals surface area contributed by atoms with Gasteiger partial charge in [0.2, 0.25) is 0 Å². The molecule has 1 fully saturated rings. The number of benzene rings is 1. The Morgan fingerprint density at radius 1 is 1.26 bits per heavy atom. The van der Waals surface area contributed by atoms with E-state index in [9.17, 15) is 9.90 Å². The summed E-state index contributed by atoms with van der Waals surface area (Å²) in [5, 5.41) is 10.5. The van der Waals surface area contributed by atoms with E-state index in [1.165, 1.54) is 6.26 Å². The van der Waals surface area contributed by atoms with Gasteiger partial charge in [0.15, 0.2) is 0 Å². The Kier molecular flexibility index (Phi) is 3.06. The second-order valence-corrected chi connectivity index (χ2v) is 5.89. The van der Waals surface area contributed by atoms with Crippen molar-refractivity contribution in [3.05, 3.63) is 71.2 Å². The molecule has 0 saturated carbocycles. The van der Waals surface area contributed by atoms with Crippen molar-refractivity contribution < 1.29 is 24.1 Å². The third-order valence-electron chi connectivity index (χ3n) is 4.53. The number of allylic oxidation sites excluding steroid dienone is 1. The zero-order valence-corrected chi connectivity index (χ0v) is 12.6. The van der Waals surface area contributed by atoms with Gasteiger partial charge in [0.1, 0.15) is 11.9 Å². The van der Waals surface area contributed by atoms with Crippen LogP contribution in [0.25, 0.3) is 0 Å². The van der Waals surface area contributed by atoms with Gasteiger partial charge in [0, 0.05) is 6.08 Å². The number of hydrogen-bond acceptors (Lipinski definition) is 5. The molecule has 1 aromatic carbocycles. The molecule has 0 unspecified atom stereocenters. The van der Waals surface area contributed by atoms with Gasteiger partial charge in [-0.2, -0.15) is 0 Å². The molecule has 2 aliphatic heterocycles. The second kappa shape index (κ2) is 4.99. The molecule has 118 valence electrons. The molecule has 0 radical (unpaired) electrons. The second-order valence-electron chi connectivity index (χ2n) is 5.89. The van der Waals surface area contributed by atoms with Crippen LogP contribution in [-0.4, -0.2) is 17.4 Å². The highest BCUT2D eigenvalue weighted by molar-refractivity contribution is 5.92. The lowest BCUT2D eigenvalue weighted by atomic mass is 9.95. The number of fused-ring (bicyclic) bond motifs is 3. The Hall–Kier alpha value is -2.53. The van der Waals surface area contributed by atoms with Gasteiger partial charge in [-0.25, -0.2) is 4.79 Å². The summed E-state index contributed by atoms with van der Waals surface area (Å²) in [6.07, 6.45) is 1.27. The van der Waals surface area contributed by atoms with Crippen LogP contribution < -0.4 is 0 Å². The molecule has 1 aromatic rings. The largest absolute Gasteiger partial charge is 0.458 e. The molecule has 0 spiro atoms. The molecule has 5 heteroatoms. The maximum atomic E-state index is 12.1. The third-order valence-corrected chi connectivity index (χ3v) is 4.53. The number of ether oxygens (including phenoxy) is 3. The van der Waals surface area contributed by atoms with Gasteiger partial charge in [0.25, 0.3) is 6.29 Å². The lowest BCUT2D eigenvalue weighted by molar-refractivity contribution is -0.139. The van der Waals surface area contributed by atoms with Crippen molar-refractivity contribution in [2.75, 3.05) is 0 Å². The van der Waals surface area contributed by atoms with Crippen molar-refractivity contribution >= 4 is 5.97 Å². The molecular formula is C18H16O5. The maximum Gasteiger partial charge on any atom is 0.338 e. The normalized spacial score (nSPS) is 33.1. The molecule has 5 nitrogen and oxygen atoms in total. The maximum absolute atomic E-state index is 12.1. The Balaban J connectivity index is 1.60. The molecule has 23 heavy (non-hydrogen) atoms. The summed E-state index contributed by atoms with van der Waals surface area (Å²) < 4.78 is 16.4. The molecule has 3 aliphatic rings. The Morgan fingerprint density at radius 3 is 2.70 bits per heavy atom. The molecule has 1 aliphatic carbocycles. The highest BCUT2D eigenvalue weighted by Gasteiger charge is 2.51. The number of hydrogen-bond donors (Lipinski definition) is 1. The smallest absolute Gasteiger partial charge is 0.338 e. The minimum Gasteiger partial charge on any atom is -0.458 e. The predicted molar refractivity (Wildman–Crippen MR) is 80.7 cm³/mol. The Labute approximate surface area is 133 Å². The van der Waals surface area contributed by atoms with E-state index in [1.807, 2.05) is 31.2 Å². The number of aliphatic hydroxyl groups is 1. The van der Waals surface area contributed by atoms with Crippen LogP contribution in [0.4, 0.5) is 0 Å². The van der Waals surface area contributed by atoms with Crippen molar-refractivity contribution in [2.45, 2.75) is 25.4 Å². The zero-order valence-electron chi connectivity index (χ0n) is 12.6. The zero-order chi connectivity index (χ0) is 16.1. The van der Waals surface area contributed by atoms with Crippen molar-refractivity contribution in [3.8, 4) is 0 Å². The molecular weight excluding hydrogens is 296 g/mol. The van der Waals surface area contributed by atoms with Crippen LogP contribution in [-0.2, 0) is 19.0 Å². The summed E-state index contributed by atoms with van der Waals surface area (Å²) in [5.41, 5.74) is 2.87. The minimum absolute atomic E-state index is 0.325. The van der Waals surface area contributed by atoms with Crippen LogP contribution in [0.1, 0.15) is 30.3 Å². The van der Waals surface area contributed by atoms with E-state index in [0.29, 0.717) is 11.3 Å². The van der Waals surface area contributed by atoms with Crippen LogP contribution in [0.15, 0.2) is 60.1 Å². The minimum atomic E-state index is -0.783. The first-order valence-corrected chi connectivity index (χ1v) is 7.44. The molecule has 0 amide bonds. The van der Waals surface area contributed by atoms with Crippen molar-refractivity contribution in [1.29, 1.82) is 0 Å². The van der Waals surface area contributed by atoms with Gasteiger partial charge < -0.3 is 19.3 Å². The fourth-order valence-corrected chi connectivity index (χ4v) is 3.28. The molecule has 2 heterocycles. The summed E-state index contributed by atoms with van der Waals surface area (Å²) >= 11 is 0. The average molecular weight is 312 g/mol. The number of aliphatic hydroxyl groups excluding tert-OH is 1. The first kappa shape index (κ1) is 14.1. The van der Waals surface area contributed by atoms with Crippen molar-refractivity contribution in [3.63, 3.8) is 0 Å². The van der Waals surface area contributed by atoms with E-state index in [-0.39, 0.29) is 0 Å². The summed E-state index contributed by atoms with van der Waals surface area (Å²) in [6, 6.07) is 7.44. The van der Waals surface area contributed by atoms with Gasteiger partial charge in [-0.15, -0.1) is 0 Å². The topological polar surface area (TPSA) is 65.0 Å². The molecule has 4 atom stereocenters. The first-order valence-electron chi connectivity index (χ1n) is 7.44. The van der Waals surface area contributed by atoms with E-state index in [2.05, 4.69) is 6.58 Å². The Morgan fingerprint density at radius 2 is 2.00 bits per heavy atom. The summed E-state index contributed by atoms with van der Waals surface area (Å²) in [6.45, 7) is 5.62. The fourth-order valence-electron chi connectivity index (χ4n) is 3.28. The average Bonchev–Trinajstić information content (AvgIpc) is 3.12. The number of carbonyl (C=O) groups excluding carboxylic acids is 1. The molecule has 4 rings (SSSR count). The molecule has 1 N–H and O–H groups in total. The third kappa shape index (κ3) is 2.08. The predicted octanol–water partition coefficient (Wildman–Crippen LogP) is 2.66. The molecule has 0 bridgehead atoms. The highest BCUT2D eigenvalue weighted by Crippen LogP contribution is 2.53. The quantitative estimate of drug-likeness (QED) is 0.517. The van der Waals surface area contributed by atoms with Crippen LogP contribution >= 0.6 is 0 Å². The number of esters is 1. The first-order chi connectivity index (χ1) is 11.1. The van der Waals surface area contributed by atoms with E-state index in [0.717, 1.165) is 16.7 Å². The van der Waals surface area contributed by atoms with Crippen molar-refractivity contribution in [2.24, 2.45) is 5.92 Å². The van der Waals surface area contributed by atoms with Gasteiger partial charge in [0.05, 0.1) is 23.9 Å². The molecule has 0 aromatic heterocycles. The highest BCUT2D eigenvalue weighted by atomic mass is 16.7. The SMILES string of the molecule is C=C1O[C@@H](O/C=C2/C(=O)O[C@@H]3c4ccccc4[C@@H](O)[C@H]23)C=C1C. The van der Waals surface area contributed by atoms with Crippen LogP contribution in [0.2, 0.25) is 0 Å². The van der Waals surface area contributed by atoms with Crippen LogP contribution in [0, 0.1) is 5.92 Å². The van der Waals surface area contributed by atoms with Gasteiger partial charge in [-0.05, 0) is 23.6 Å². The standard InChI is InChI=1S/C18H16O5/c1-9-7-14(22-10(9)2)21-8-13-15-16(19)11-5-3-4-6-12(11)17(15)23-18(13)20/h3-8,14-17,19H,2H2,1H3/b13-8+/t14-,15+,16-,17-/m1/s1. The van der Waals surface area contributed by atoms with E-state index < -0.39 is 30.4 Å². The van der Waals surface area contributed by atoms with Crippen molar-refractivity contribution in [1.82, 2.24) is 0 Å². The number of carbonyl (C=O) groups is 1. The summed E-state index contributed by atoms with van der Waals surface area (Å²) in [5.74, 6) is -0.366. The van der Waals surface area contributed by atoms with E-state index >= 15 is 0 Å². The lowest BCUT2D eigenvalue weighted by Gasteiger charge is -2.14.